The largest absolute Gasteiger partial charge is 0.479 e. The van der Waals surface area contributed by atoms with Crippen LogP contribution in [0, 0.1) is 5.82 Å². The molecule has 1 aliphatic rings. The van der Waals surface area contributed by atoms with Crippen LogP contribution in [0.4, 0.5) is 4.39 Å². The van der Waals surface area contributed by atoms with Gasteiger partial charge in [0, 0.05) is 17.0 Å². The summed E-state index contributed by atoms with van der Waals surface area (Å²) in [5, 5.41) is 0.861. The van der Waals surface area contributed by atoms with Gasteiger partial charge in [-0.3, -0.25) is 0 Å². The number of rotatable bonds is 4. The van der Waals surface area contributed by atoms with Gasteiger partial charge in [0.05, 0.1) is 0 Å². The molecule has 0 amide bonds. The molecule has 1 aromatic heterocycles. The highest BCUT2D eigenvalue weighted by atomic mass is 19.1. The average Bonchev–Trinajstić information content (AvgIpc) is 3.11. The summed E-state index contributed by atoms with van der Waals surface area (Å²) in [5.41, 5.74) is 1.80. The molecule has 6 heteroatoms. The van der Waals surface area contributed by atoms with E-state index in [0.717, 1.165) is 35.8 Å². The van der Waals surface area contributed by atoms with E-state index in [1.54, 1.807) is 18.2 Å². The van der Waals surface area contributed by atoms with Gasteiger partial charge < -0.3 is 13.9 Å². The molecular weight excluding hydrogens is 339 g/mol. The predicted octanol–water partition coefficient (Wildman–Crippen LogP) is 3.41. The van der Waals surface area contributed by atoms with Crippen molar-refractivity contribution in [3.05, 3.63) is 69.8 Å². The summed E-state index contributed by atoms with van der Waals surface area (Å²) in [7, 11) is 0. The van der Waals surface area contributed by atoms with Crippen molar-refractivity contribution in [3.63, 3.8) is 0 Å². The SMILES string of the molecule is O=C(COc1ccccc1F)Oc1ccc2c3c(c(=O)oc2c1)CCC3. The highest BCUT2D eigenvalue weighted by Crippen LogP contribution is 2.29. The average molecular weight is 354 g/mol. The Labute approximate surface area is 148 Å². The Balaban J connectivity index is 1.51. The van der Waals surface area contributed by atoms with Crippen molar-refractivity contribution in [1.82, 2.24) is 0 Å². The maximum atomic E-state index is 13.5. The van der Waals surface area contributed by atoms with Crippen LogP contribution in [0.25, 0.3) is 11.0 Å². The van der Waals surface area contributed by atoms with E-state index in [-0.39, 0.29) is 17.1 Å². The van der Waals surface area contributed by atoms with Crippen LogP contribution in [0.15, 0.2) is 51.7 Å². The van der Waals surface area contributed by atoms with Crippen LogP contribution in [0.2, 0.25) is 0 Å². The second-order valence-corrected chi connectivity index (χ2v) is 6.05. The van der Waals surface area contributed by atoms with Crippen molar-refractivity contribution >= 4 is 16.9 Å². The second-order valence-electron chi connectivity index (χ2n) is 6.05. The first-order valence-corrected chi connectivity index (χ1v) is 8.28. The highest BCUT2D eigenvalue weighted by Gasteiger charge is 2.20. The van der Waals surface area contributed by atoms with Crippen LogP contribution in [0.5, 0.6) is 11.5 Å². The number of benzene rings is 2. The molecule has 1 aliphatic carbocycles. The van der Waals surface area contributed by atoms with Crippen LogP contribution in [-0.4, -0.2) is 12.6 Å². The Hall–Kier alpha value is -3.15. The minimum Gasteiger partial charge on any atom is -0.479 e. The van der Waals surface area contributed by atoms with Gasteiger partial charge in [0.1, 0.15) is 11.3 Å². The Morgan fingerprint density at radius 3 is 2.77 bits per heavy atom. The zero-order chi connectivity index (χ0) is 18.1. The van der Waals surface area contributed by atoms with Gasteiger partial charge in [-0.15, -0.1) is 0 Å². The molecule has 4 rings (SSSR count). The van der Waals surface area contributed by atoms with Gasteiger partial charge in [-0.25, -0.2) is 14.0 Å². The van der Waals surface area contributed by atoms with Crippen LogP contribution < -0.4 is 15.1 Å². The molecule has 132 valence electrons. The van der Waals surface area contributed by atoms with E-state index in [1.165, 1.54) is 24.3 Å². The van der Waals surface area contributed by atoms with Gasteiger partial charge >= 0.3 is 11.6 Å². The number of carbonyl (C=O) groups is 1. The summed E-state index contributed by atoms with van der Waals surface area (Å²) in [4.78, 5) is 23.9. The van der Waals surface area contributed by atoms with Crippen LogP contribution >= 0.6 is 0 Å². The van der Waals surface area contributed by atoms with Gasteiger partial charge in [-0.1, -0.05) is 12.1 Å². The molecule has 0 fully saturated rings. The topological polar surface area (TPSA) is 65.7 Å². The first kappa shape index (κ1) is 16.3. The Bertz CT molecular complexity index is 1050. The van der Waals surface area contributed by atoms with Crippen molar-refractivity contribution in [2.45, 2.75) is 19.3 Å². The number of para-hydroxylation sites is 1. The fourth-order valence-corrected chi connectivity index (χ4v) is 3.19. The molecule has 5 nitrogen and oxygen atoms in total. The minimum absolute atomic E-state index is 0.0236. The molecule has 1 heterocycles. The maximum absolute atomic E-state index is 13.5. The van der Waals surface area contributed by atoms with Gasteiger partial charge in [0.2, 0.25) is 0 Å². The van der Waals surface area contributed by atoms with E-state index in [4.69, 9.17) is 13.9 Å². The molecule has 0 N–H and O–H groups in total. The Morgan fingerprint density at radius 1 is 1.12 bits per heavy atom. The number of halogens is 1. The lowest BCUT2D eigenvalue weighted by Gasteiger charge is -2.09. The van der Waals surface area contributed by atoms with Crippen molar-refractivity contribution < 1.29 is 23.1 Å². The number of aryl methyl sites for hydroxylation is 1. The van der Waals surface area contributed by atoms with E-state index in [9.17, 15) is 14.0 Å². The molecule has 2 aromatic carbocycles. The molecule has 0 radical (unpaired) electrons. The first-order valence-electron chi connectivity index (χ1n) is 8.28. The number of fused-ring (bicyclic) bond motifs is 3. The summed E-state index contributed by atoms with van der Waals surface area (Å²) >= 11 is 0. The van der Waals surface area contributed by atoms with Crippen molar-refractivity contribution in [2.24, 2.45) is 0 Å². The van der Waals surface area contributed by atoms with Crippen LogP contribution in [-0.2, 0) is 17.6 Å². The molecule has 0 atom stereocenters. The third-order valence-corrected chi connectivity index (χ3v) is 4.36. The Morgan fingerprint density at radius 2 is 1.92 bits per heavy atom. The third-order valence-electron chi connectivity index (χ3n) is 4.36. The third kappa shape index (κ3) is 3.06. The van der Waals surface area contributed by atoms with Crippen molar-refractivity contribution in [3.8, 4) is 11.5 Å². The quantitative estimate of drug-likeness (QED) is 0.408. The molecule has 0 spiro atoms. The van der Waals surface area contributed by atoms with Gasteiger partial charge in [-0.2, -0.15) is 0 Å². The Kier molecular flexibility index (Phi) is 4.16. The lowest BCUT2D eigenvalue weighted by Crippen LogP contribution is -2.18. The molecule has 3 aromatic rings. The molecule has 26 heavy (non-hydrogen) atoms. The fourth-order valence-electron chi connectivity index (χ4n) is 3.19. The summed E-state index contributed by atoms with van der Waals surface area (Å²) in [6.45, 7) is -0.437. The van der Waals surface area contributed by atoms with Crippen molar-refractivity contribution in [2.75, 3.05) is 6.61 Å². The first-order chi connectivity index (χ1) is 12.6. The molecule has 0 unspecified atom stereocenters. The van der Waals surface area contributed by atoms with Crippen LogP contribution in [0.1, 0.15) is 17.5 Å². The number of carbonyl (C=O) groups excluding carboxylic acids is 1. The monoisotopic (exact) mass is 354 g/mol. The van der Waals surface area contributed by atoms with E-state index in [2.05, 4.69) is 0 Å². The van der Waals surface area contributed by atoms with E-state index < -0.39 is 18.4 Å². The van der Waals surface area contributed by atoms with E-state index in [0.29, 0.717) is 5.58 Å². The summed E-state index contributed by atoms with van der Waals surface area (Å²) in [6.07, 6.45) is 2.51. The summed E-state index contributed by atoms with van der Waals surface area (Å²) < 4.78 is 29.1. The van der Waals surface area contributed by atoms with E-state index in [1.807, 2.05) is 0 Å². The van der Waals surface area contributed by atoms with Crippen LogP contribution in [0.3, 0.4) is 0 Å². The molecule has 0 aliphatic heterocycles. The lowest BCUT2D eigenvalue weighted by atomic mass is 10.1. The molecule has 0 saturated carbocycles. The maximum Gasteiger partial charge on any atom is 0.349 e. The molecular formula is C20H15FO5. The number of hydrogen-bond donors (Lipinski definition) is 0. The molecule has 0 bridgehead atoms. The normalized spacial score (nSPS) is 12.8. The minimum atomic E-state index is -0.684. The lowest BCUT2D eigenvalue weighted by molar-refractivity contribution is -0.136. The highest BCUT2D eigenvalue weighted by molar-refractivity contribution is 5.84. The second kappa shape index (κ2) is 6.63. The standard InChI is InChI=1S/C20H15FO5/c21-16-6-1-2-7-17(16)24-11-19(22)25-12-8-9-14-13-4-3-5-15(13)20(23)26-18(14)10-12/h1-2,6-10H,3-5,11H2. The summed E-state index contributed by atoms with van der Waals surface area (Å²) in [5.74, 6) is -1.03. The zero-order valence-electron chi connectivity index (χ0n) is 13.8. The smallest absolute Gasteiger partial charge is 0.349 e. The van der Waals surface area contributed by atoms with E-state index >= 15 is 0 Å². The number of hydrogen-bond acceptors (Lipinski definition) is 5. The summed E-state index contributed by atoms with van der Waals surface area (Å²) in [6, 6.07) is 10.7. The molecule has 0 saturated heterocycles. The predicted molar refractivity (Wildman–Crippen MR) is 92.0 cm³/mol. The van der Waals surface area contributed by atoms with Gasteiger partial charge in [-0.05, 0) is 49.1 Å². The van der Waals surface area contributed by atoms with Gasteiger partial charge in [0.15, 0.2) is 18.2 Å². The van der Waals surface area contributed by atoms with Crippen molar-refractivity contribution in [1.29, 1.82) is 0 Å². The zero-order valence-corrected chi connectivity index (χ0v) is 13.8. The fraction of sp³-hybridized carbons (Fsp3) is 0.200. The van der Waals surface area contributed by atoms with Gasteiger partial charge in [0.25, 0.3) is 0 Å². The number of ether oxygens (including phenoxy) is 2. The number of esters is 1.